The molecule has 3 rings (SSSR count). The number of nitrogens with one attached hydrogen (secondary N) is 1. The Morgan fingerprint density at radius 2 is 2.25 bits per heavy atom. The molecule has 0 aromatic carbocycles. The Morgan fingerprint density at radius 1 is 1.40 bits per heavy atom. The number of rotatable bonds is 4. The van der Waals surface area contributed by atoms with Gasteiger partial charge in [0.25, 0.3) is 5.91 Å². The predicted molar refractivity (Wildman–Crippen MR) is 77.4 cm³/mol. The zero-order valence-electron chi connectivity index (χ0n) is 11.3. The number of carbonyl (C=O) groups is 1. The number of H-pyrrole nitrogens is 1. The number of carbonyl (C=O) groups excluding carboxylic acids is 1. The number of thiophene rings is 1. The third kappa shape index (κ3) is 2.90. The van der Waals surface area contributed by atoms with Gasteiger partial charge in [-0.1, -0.05) is 19.3 Å². The lowest BCUT2D eigenvalue weighted by molar-refractivity contribution is 0.0608. The van der Waals surface area contributed by atoms with Crippen molar-refractivity contribution in [3.05, 3.63) is 34.3 Å². The molecule has 20 heavy (non-hydrogen) atoms. The Kier molecular flexibility index (Phi) is 4.11. The van der Waals surface area contributed by atoms with E-state index in [0.29, 0.717) is 18.3 Å². The van der Waals surface area contributed by atoms with Crippen molar-refractivity contribution >= 4 is 17.2 Å². The third-order valence-electron chi connectivity index (χ3n) is 3.84. The first kappa shape index (κ1) is 13.3. The summed E-state index contributed by atoms with van der Waals surface area (Å²) >= 11 is 1.67. The fourth-order valence-corrected chi connectivity index (χ4v) is 3.45. The molecule has 1 fully saturated rings. The highest BCUT2D eigenvalue weighted by atomic mass is 32.1. The van der Waals surface area contributed by atoms with Gasteiger partial charge in [0.05, 0.1) is 6.20 Å². The minimum atomic E-state index is -0.0168. The van der Waals surface area contributed by atoms with Crippen LogP contribution in [-0.2, 0) is 6.54 Å². The first-order valence-corrected chi connectivity index (χ1v) is 7.96. The van der Waals surface area contributed by atoms with E-state index in [-0.39, 0.29) is 5.91 Å². The largest absolute Gasteiger partial charge is 0.330 e. The molecule has 5 nitrogen and oxygen atoms in total. The van der Waals surface area contributed by atoms with Crippen LogP contribution in [0.4, 0.5) is 0 Å². The van der Waals surface area contributed by atoms with Crippen LogP contribution in [0.5, 0.6) is 0 Å². The van der Waals surface area contributed by atoms with Crippen LogP contribution in [-0.4, -0.2) is 32.3 Å². The number of aromatic amines is 1. The van der Waals surface area contributed by atoms with E-state index < -0.39 is 0 Å². The first-order chi connectivity index (χ1) is 9.84. The summed E-state index contributed by atoms with van der Waals surface area (Å²) in [6, 6.07) is 2.41. The second kappa shape index (κ2) is 6.17. The van der Waals surface area contributed by atoms with Gasteiger partial charge in [0.2, 0.25) is 0 Å². The van der Waals surface area contributed by atoms with Crippen molar-refractivity contribution in [2.45, 2.75) is 44.7 Å². The van der Waals surface area contributed by atoms with E-state index in [1.54, 1.807) is 11.3 Å². The summed E-state index contributed by atoms with van der Waals surface area (Å²) in [6.07, 6.45) is 7.38. The zero-order valence-corrected chi connectivity index (χ0v) is 12.1. The fraction of sp³-hybridized carbons (Fsp3) is 0.500. The van der Waals surface area contributed by atoms with Crippen molar-refractivity contribution < 1.29 is 4.79 Å². The normalized spacial score (nSPS) is 16.2. The maximum Gasteiger partial charge on any atom is 0.276 e. The SMILES string of the molecule is O=C(c1cn[nH]n1)N(Cc1ccsc1)C1CCCCC1. The highest BCUT2D eigenvalue weighted by Gasteiger charge is 2.27. The predicted octanol–water partition coefficient (Wildman–Crippen LogP) is 2.84. The molecule has 0 aliphatic heterocycles. The summed E-state index contributed by atoms with van der Waals surface area (Å²) in [4.78, 5) is 14.6. The summed E-state index contributed by atoms with van der Waals surface area (Å²) in [6.45, 7) is 0.667. The highest BCUT2D eigenvalue weighted by Crippen LogP contribution is 2.25. The summed E-state index contributed by atoms with van der Waals surface area (Å²) in [5.74, 6) is -0.0168. The van der Waals surface area contributed by atoms with Crippen LogP contribution in [0.25, 0.3) is 0 Å². The molecule has 0 atom stereocenters. The summed E-state index contributed by atoms with van der Waals surface area (Å²) in [5.41, 5.74) is 1.60. The van der Waals surface area contributed by atoms with Gasteiger partial charge in [-0.2, -0.15) is 26.7 Å². The Hall–Kier alpha value is -1.69. The van der Waals surface area contributed by atoms with Gasteiger partial charge in [-0.25, -0.2) is 0 Å². The van der Waals surface area contributed by atoms with Gasteiger partial charge in [0, 0.05) is 12.6 Å². The van der Waals surface area contributed by atoms with Gasteiger partial charge in [-0.15, -0.1) is 0 Å². The first-order valence-electron chi connectivity index (χ1n) is 7.02. The molecule has 106 valence electrons. The number of amides is 1. The van der Waals surface area contributed by atoms with Crippen LogP contribution in [0.1, 0.15) is 48.2 Å². The topological polar surface area (TPSA) is 61.9 Å². The van der Waals surface area contributed by atoms with Crippen LogP contribution in [0.15, 0.2) is 23.0 Å². The van der Waals surface area contributed by atoms with E-state index in [1.807, 2.05) is 4.90 Å². The number of aromatic nitrogens is 3. The van der Waals surface area contributed by atoms with E-state index in [9.17, 15) is 4.79 Å². The van der Waals surface area contributed by atoms with Crippen LogP contribution in [0, 0.1) is 0 Å². The maximum absolute atomic E-state index is 12.6. The zero-order chi connectivity index (χ0) is 13.8. The Labute approximate surface area is 122 Å². The fourth-order valence-electron chi connectivity index (χ4n) is 2.79. The van der Waals surface area contributed by atoms with E-state index in [0.717, 1.165) is 12.8 Å². The van der Waals surface area contributed by atoms with Crippen molar-refractivity contribution in [3.8, 4) is 0 Å². The number of hydrogen-bond acceptors (Lipinski definition) is 4. The van der Waals surface area contributed by atoms with Crippen LogP contribution in [0.3, 0.4) is 0 Å². The van der Waals surface area contributed by atoms with Crippen LogP contribution < -0.4 is 0 Å². The molecule has 1 N–H and O–H groups in total. The van der Waals surface area contributed by atoms with Crippen molar-refractivity contribution in [1.82, 2.24) is 20.3 Å². The number of hydrogen-bond donors (Lipinski definition) is 1. The standard InChI is InChI=1S/C14H18N4OS/c19-14(13-8-15-17-16-13)18(9-11-6-7-20-10-11)12-4-2-1-3-5-12/h6-8,10,12H,1-5,9H2,(H,15,16,17). The number of nitrogens with zero attached hydrogens (tertiary/aromatic N) is 3. The molecule has 1 aliphatic rings. The lowest BCUT2D eigenvalue weighted by atomic mass is 9.93. The summed E-state index contributed by atoms with van der Waals surface area (Å²) in [7, 11) is 0. The van der Waals surface area contributed by atoms with Crippen LogP contribution >= 0.6 is 11.3 Å². The van der Waals surface area contributed by atoms with Crippen LogP contribution in [0.2, 0.25) is 0 Å². The van der Waals surface area contributed by atoms with E-state index in [2.05, 4.69) is 32.2 Å². The molecule has 2 aromatic rings. The average Bonchev–Trinajstić information content (AvgIpc) is 3.18. The average molecular weight is 290 g/mol. The molecule has 0 radical (unpaired) electrons. The molecule has 2 heterocycles. The van der Waals surface area contributed by atoms with E-state index >= 15 is 0 Å². The molecule has 0 saturated heterocycles. The summed E-state index contributed by atoms with van der Waals surface area (Å²) in [5, 5.41) is 14.4. The van der Waals surface area contributed by atoms with Gasteiger partial charge in [0.1, 0.15) is 0 Å². The third-order valence-corrected chi connectivity index (χ3v) is 4.58. The molecule has 1 saturated carbocycles. The second-order valence-electron chi connectivity index (χ2n) is 5.21. The molecule has 6 heteroatoms. The van der Waals surface area contributed by atoms with Gasteiger partial charge >= 0.3 is 0 Å². The Bertz CT molecular complexity index is 532. The quantitative estimate of drug-likeness (QED) is 0.941. The van der Waals surface area contributed by atoms with Gasteiger partial charge in [-0.05, 0) is 35.2 Å². The lowest BCUT2D eigenvalue weighted by Gasteiger charge is -2.33. The minimum Gasteiger partial charge on any atom is -0.330 e. The van der Waals surface area contributed by atoms with E-state index in [4.69, 9.17) is 0 Å². The molecule has 0 spiro atoms. The van der Waals surface area contributed by atoms with E-state index in [1.165, 1.54) is 31.0 Å². The summed E-state index contributed by atoms with van der Waals surface area (Å²) < 4.78 is 0. The maximum atomic E-state index is 12.6. The van der Waals surface area contributed by atoms with Gasteiger partial charge in [0.15, 0.2) is 5.69 Å². The molecule has 1 aliphatic carbocycles. The monoisotopic (exact) mass is 290 g/mol. The van der Waals surface area contributed by atoms with Gasteiger partial charge < -0.3 is 4.90 Å². The smallest absolute Gasteiger partial charge is 0.276 e. The molecule has 2 aromatic heterocycles. The Balaban J connectivity index is 1.80. The molecule has 0 bridgehead atoms. The molecular weight excluding hydrogens is 272 g/mol. The second-order valence-corrected chi connectivity index (χ2v) is 5.99. The van der Waals surface area contributed by atoms with Crippen molar-refractivity contribution in [2.24, 2.45) is 0 Å². The van der Waals surface area contributed by atoms with Crippen molar-refractivity contribution in [3.63, 3.8) is 0 Å². The van der Waals surface area contributed by atoms with Crippen molar-refractivity contribution in [2.75, 3.05) is 0 Å². The highest BCUT2D eigenvalue weighted by molar-refractivity contribution is 7.07. The van der Waals surface area contributed by atoms with Gasteiger partial charge in [-0.3, -0.25) is 4.79 Å². The molecular formula is C14H18N4OS. The minimum absolute atomic E-state index is 0.0168. The molecule has 0 unspecified atom stereocenters. The molecule has 1 amide bonds. The van der Waals surface area contributed by atoms with Crippen molar-refractivity contribution in [1.29, 1.82) is 0 Å². The lowest BCUT2D eigenvalue weighted by Crippen LogP contribution is -2.41. The Morgan fingerprint density at radius 3 is 2.90 bits per heavy atom.